The van der Waals surface area contributed by atoms with Gasteiger partial charge in [-0.3, -0.25) is 0 Å². The molecule has 2 aliphatic heterocycles. The van der Waals surface area contributed by atoms with Crippen molar-refractivity contribution in [3.05, 3.63) is 47.5 Å². The molecule has 0 spiro atoms. The Labute approximate surface area is 130 Å². The van der Waals surface area contributed by atoms with E-state index >= 15 is 0 Å². The van der Waals surface area contributed by atoms with Crippen LogP contribution in [-0.2, 0) is 6.54 Å². The number of aromatic nitrogens is 2. The summed E-state index contributed by atoms with van der Waals surface area (Å²) in [6.45, 7) is 7.12. The number of aryl methyl sites for hydroxylation is 1. The molecule has 0 atom stereocenters. The van der Waals surface area contributed by atoms with Gasteiger partial charge in [0.25, 0.3) is 0 Å². The first-order valence-corrected chi connectivity index (χ1v) is 7.84. The predicted octanol–water partition coefficient (Wildman–Crippen LogP) is 1.88. The largest absolute Gasteiger partial charge is 0.351 e. The summed E-state index contributed by atoms with van der Waals surface area (Å²) in [7, 11) is 2.17. The lowest BCUT2D eigenvalue weighted by molar-refractivity contribution is 0.215. The van der Waals surface area contributed by atoms with Gasteiger partial charge in [0.2, 0.25) is 0 Å². The molecule has 2 aliphatic rings. The van der Waals surface area contributed by atoms with Crippen LogP contribution in [0.5, 0.6) is 0 Å². The molecular formula is C17H21N5. The lowest BCUT2D eigenvalue weighted by Gasteiger charge is -2.34. The molecule has 5 heteroatoms. The van der Waals surface area contributed by atoms with E-state index in [0.717, 1.165) is 50.1 Å². The highest BCUT2D eigenvalue weighted by Gasteiger charge is 2.24. The molecule has 0 saturated carbocycles. The highest BCUT2D eigenvalue weighted by Crippen LogP contribution is 2.27. The molecule has 1 fully saturated rings. The Morgan fingerprint density at radius 2 is 1.91 bits per heavy atom. The van der Waals surface area contributed by atoms with E-state index in [9.17, 15) is 0 Å². The van der Waals surface area contributed by atoms with Crippen LogP contribution in [0.25, 0.3) is 0 Å². The van der Waals surface area contributed by atoms with Gasteiger partial charge in [-0.15, -0.1) is 0 Å². The van der Waals surface area contributed by atoms with Crippen molar-refractivity contribution in [2.24, 2.45) is 4.99 Å². The van der Waals surface area contributed by atoms with Crippen LogP contribution in [0.2, 0.25) is 0 Å². The maximum atomic E-state index is 4.98. The van der Waals surface area contributed by atoms with Crippen molar-refractivity contribution in [2.75, 3.05) is 33.2 Å². The van der Waals surface area contributed by atoms with Crippen LogP contribution in [-0.4, -0.2) is 58.4 Å². The molecule has 5 nitrogen and oxygen atoms in total. The third-order valence-corrected chi connectivity index (χ3v) is 4.52. The smallest absolute Gasteiger partial charge is 0.176 e. The molecule has 0 amide bonds. The van der Waals surface area contributed by atoms with E-state index in [-0.39, 0.29) is 0 Å². The van der Waals surface area contributed by atoms with E-state index < -0.39 is 0 Å². The fraction of sp³-hybridized carbons (Fsp3) is 0.412. The molecule has 0 aliphatic carbocycles. The molecule has 0 radical (unpaired) electrons. The Morgan fingerprint density at radius 3 is 2.73 bits per heavy atom. The molecule has 0 bridgehead atoms. The summed E-state index contributed by atoms with van der Waals surface area (Å²) < 4.78 is 2.21. The van der Waals surface area contributed by atoms with E-state index in [2.05, 4.69) is 57.7 Å². The first-order chi connectivity index (χ1) is 10.7. The fourth-order valence-electron chi connectivity index (χ4n) is 3.17. The van der Waals surface area contributed by atoms with Crippen LogP contribution >= 0.6 is 0 Å². The molecule has 0 unspecified atom stereocenters. The van der Waals surface area contributed by atoms with Crippen molar-refractivity contribution in [1.82, 2.24) is 19.4 Å². The Balaban J connectivity index is 1.79. The SMILES string of the molecule is Cc1ccc2c(c1)Cn1ccnc1C(N1CCN(C)CC1)=N2. The monoisotopic (exact) mass is 295 g/mol. The average Bonchev–Trinajstić information content (AvgIpc) is 2.90. The van der Waals surface area contributed by atoms with Crippen LogP contribution in [0.1, 0.15) is 17.0 Å². The summed E-state index contributed by atoms with van der Waals surface area (Å²) in [4.78, 5) is 14.3. The second-order valence-electron chi connectivity index (χ2n) is 6.24. The Bertz CT molecular complexity index is 722. The molecule has 22 heavy (non-hydrogen) atoms. The number of nitrogens with zero attached hydrogens (tertiary/aromatic N) is 5. The van der Waals surface area contributed by atoms with Crippen molar-refractivity contribution < 1.29 is 0 Å². The molecule has 114 valence electrons. The zero-order chi connectivity index (χ0) is 15.1. The standard InChI is InChI=1S/C17H21N5/c1-13-3-4-15-14(11-13)12-22-6-5-18-16(22)17(19-15)21-9-7-20(2)8-10-21/h3-6,11H,7-10,12H2,1-2H3. The predicted molar refractivity (Wildman–Crippen MR) is 87.8 cm³/mol. The maximum Gasteiger partial charge on any atom is 0.176 e. The summed E-state index contributed by atoms with van der Waals surface area (Å²) in [5.74, 6) is 2.00. The van der Waals surface area contributed by atoms with E-state index in [1.54, 1.807) is 0 Å². The topological polar surface area (TPSA) is 36.7 Å². The van der Waals surface area contributed by atoms with Gasteiger partial charge in [-0.25, -0.2) is 9.98 Å². The van der Waals surface area contributed by atoms with Crippen LogP contribution in [0, 0.1) is 6.92 Å². The number of likely N-dealkylation sites (N-methyl/N-ethyl adjacent to an activating group) is 1. The van der Waals surface area contributed by atoms with Crippen LogP contribution in [0.15, 0.2) is 35.6 Å². The molecule has 1 saturated heterocycles. The van der Waals surface area contributed by atoms with Gasteiger partial charge in [-0.2, -0.15) is 0 Å². The van der Waals surface area contributed by atoms with Gasteiger partial charge in [0.05, 0.1) is 12.2 Å². The third-order valence-electron chi connectivity index (χ3n) is 4.52. The highest BCUT2D eigenvalue weighted by molar-refractivity contribution is 5.98. The number of amidine groups is 1. The fourth-order valence-corrected chi connectivity index (χ4v) is 3.17. The van der Waals surface area contributed by atoms with Crippen LogP contribution in [0.4, 0.5) is 5.69 Å². The Hall–Kier alpha value is -2.14. The molecule has 1 aromatic heterocycles. The Morgan fingerprint density at radius 1 is 1.09 bits per heavy atom. The molecule has 3 heterocycles. The molecular weight excluding hydrogens is 274 g/mol. The van der Waals surface area contributed by atoms with E-state index in [0.29, 0.717) is 0 Å². The quantitative estimate of drug-likeness (QED) is 0.744. The van der Waals surface area contributed by atoms with Gasteiger partial charge in [0.15, 0.2) is 11.7 Å². The number of piperazine rings is 1. The van der Waals surface area contributed by atoms with Gasteiger partial charge < -0.3 is 14.4 Å². The number of imidazole rings is 1. The van der Waals surface area contributed by atoms with Crippen molar-refractivity contribution in [1.29, 1.82) is 0 Å². The van der Waals surface area contributed by atoms with Crippen LogP contribution < -0.4 is 0 Å². The molecule has 4 rings (SSSR count). The van der Waals surface area contributed by atoms with Crippen molar-refractivity contribution in [2.45, 2.75) is 13.5 Å². The molecule has 0 N–H and O–H groups in total. The number of benzene rings is 1. The van der Waals surface area contributed by atoms with Crippen molar-refractivity contribution >= 4 is 11.5 Å². The molecule has 1 aromatic carbocycles. The lowest BCUT2D eigenvalue weighted by Crippen LogP contribution is -2.47. The van der Waals surface area contributed by atoms with Crippen molar-refractivity contribution in [3.8, 4) is 0 Å². The van der Waals surface area contributed by atoms with Crippen LogP contribution in [0.3, 0.4) is 0 Å². The first-order valence-electron chi connectivity index (χ1n) is 7.84. The number of hydrogen-bond donors (Lipinski definition) is 0. The summed E-state index contributed by atoms with van der Waals surface area (Å²) in [5, 5.41) is 0. The maximum absolute atomic E-state index is 4.98. The molecule has 2 aromatic rings. The van der Waals surface area contributed by atoms with E-state index in [1.165, 1.54) is 11.1 Å². The second-order valence-corrected chi connectivity index (χ2v) is 6.24. The minimum atomic E-state index is 0.840. The minimum Gasteiger partial charge on any atom is -0.351 e. The summed E-state index contributed by atoms with van der Waals surface area (Å²) in [6.07, 6.45) is 3.93. The zero-order valence-electron chi connectivity index (χ0n) is 13.2. The van der Waals surface area contributed by atoms with Gasteiger partial charge in [-0.05, 0) is 25.6 Å². The highest BCUT2D eigenvalue weighted by atomic mass is 15.3. The van der Waals surface area contributed by atoms with Gasteiger partial charge in [0.1, 0.15) is 0 Å². The van der Waals surface area contributed by atoms with Gasteiger partial charge in [0, 0.05) is 38.6 Å². The number of aliphatic imine (C=N–C) groups is 1. The first kappa shape index (κ1) is 13.5. The normalized spacial score (nSPS) is 18.5. The average molecular weight is 295 g/mol. The number of fused-ring (bicyclic) bond motifs is 2. The van der Waals surface area contributed by atoms with Gasteiger partial charge in [-0.1, -0.05) is 17.7 Å². The third kappa shape index (κ3) is 2.31. The van der Waals surface area contributed by atoms with Gasteiger partial charge >= 0.3 is 0 Å². The van der Waals surface area contributed by atoms with E-state index in [4.69, 9.17) is 4.99 Å². The minimum absolute atomic E-state index is 0.840. The zero-order valence-corrected chi connectivity index (χ0v) is 13.2. The Kier molecular flexibility index (Phi) is 3.22. The second kappa shape index (κ2) is 5.25. The summed E-state index contributed by atoms with van der Waals surface area (Å²) in [6, 6.07) is 6.50. The number of hydrogen-bond acceptors (Lipinski definition) is 4. The summed E-state index contributed by atoms with van der Waals surface area (Å²) in [5.41, 5.74) is 3.62. The lowest BCUT2D eigenvalue weighted by atomic mass is 10.1. The van der Waals surface area contributed by atoms with Crippen molar-refractivity contribution in [3.63, 3.8) is 0 Å². The summed E-state index contributed by atoms with van der Waals surface area (Å²) >= 11 is 0. The number of rotatable bonds is 0. The van der Waals surface area contributed by atoms with E-state index in [1.807, 2.05) is 6.20 Å².